The van der Waals surface area contributed by atoms with Crippen molar-refractivity contribution < 1.29 is 14.3 Å². The SMILES string of the molecule is Cc1cccc([C@@H]2SCC(=O)N(CC(=O)N3CCOCC3)c3c2c(-c2ccccc2)nn3-c2ccccc2Cl)c1. The van der Waals surface area contributed by atoms with Gasteiger partial charge in [-0.3, -0.25) is 14.5 Å². The van der Waals surface area contributed by atoms with Crippen molar-refractivity contribution in [1.29, 1.82) is 0 Å². The summed E-state index contributed by atoms with van der Waals surface area (Å²) < 4.78 is 7.19. The summed E-state index contributed by atoms with van der Waals surface area (Å²) in [5.41, 5.74) is 5.44. The van der Waals surface area contributed by atoms with Crippen LogP contribution in [0.25, 0.3) is 16.9 Å². The highest BCUT2D eigenvalue weighted by molar-refractivity contribution is 8.00. The fraction of sp³-hybridized carbons (Fsp3) is 0.258. The van der Waals surface area contributed by atoms with Crippen molar-refractivity contribution in [2.75, 3.05) is 43.5 Å². The third-order valence-corrected chi connectivity index (χ3v) is 8.79. The van der Waals surface area contributed by atoms with Gasteiger partial charge in [0.1, 0.15) is 12.4 Å². The zero-order valence-electron chi connectivity index (χ0n) is 22.1. The third-order valence-electron chi connectivity index (χ3n) is 7.22. The molecule has 0 N–H and O–H groups in total. The highest BCUT2D eigenvalue weighted by atomic mass is 35.5. The maximum absolute atomic E-state index is 13.9. The molecule has 9 heteroatoms. The van der Waals surface area contributed by atoms with E-state index in [9.17, 15) is 9.59 Å². The van der Waals surface area contributed by atoms with Crippen LogP contribution in [0, 0.1) is 6.92 Å². The van der Waals surface area contributed by atoms with Crippen LogP contribution in [0.3, 0.4) is 0 Å². The van der Waals surface area contributed by atoms with E-state index in [0.717, 1.165) is 27.9 Å². The minimum atomic E-state index is -0.186. The Kier molecular flexibility index (Phi) is 7.65. The average molecular weight is 573 g/mol. The number of halogens is 1. The van der Waals surface area contributed by atoms with Gasteiger partial charge in [0, 0.05) is 24.2 Å². The van der Waals surface area contributed by atoms with Gasteiger partial charge < -0.3 is 9.64 Å². The van der Waals surface area contributed by atoms with Gasteiger partial charge in [0.25, 0.3) is 0 Å². The summed E-state index contributed by atoms with van der Waals surface area (Å²) in [5.74, 6) is 0.543. The Balaban J connectivity index is 1.60. The van der Waals surface area contributed by atoms with Gasteiger partial charge in [-0.1, -0.05) is 83.9 Å². The summed E-state index contributed by atoms with van der Waals surface area (Å²) in [6, 6.07) is 25.8. The Morgan fingerprint density at radius 1 is 1.02 bits per heavy atom. The van der Waals surface area contributed by atoms with E-state index in [1.807, 2.05) is 60.7 Å². The molecule has 6 rings (SSSR count). The van der Waals surface area contributed by atoms with Crippen LogP contribution in [0.1, 0.15) is 21.9 Å². The van der Waals surface area contributed by atoms with Crippen LogP contribution in [0.15, 0.2) is 78.9 Å². The first-order valence-corrected chi connectivity index (χ1v) is 14.7. The van der Waals surface area contributed by atoms with Crippen LogP contribution < -0.4 is 4.90 Å². The highest BCUT2D eigenvalue weighted by Gasteiger charge is 2.38. The molecule has 0 aliphatic carbocycles. The first-order valence-electron chi connectivity index (χ1n) is 13.3. The van der Waals surface area contributed by atoms with E-state index < -0.39 is 0 Å². The number of morpholine rings is 1. The number of nitrogens with zero attached hydrogens (tertiary/aromatic N) is 4. The van der Waals surface area contributed by atoms with Crippen molar-refractivity contribution in [3.8, 4) is 16.9 Å². The fourth-order valence-corrected chi connectivity index (χ4v) is 6.67. The van der Waals surface area contributed by atoms with Crippen molar-refractivity contribution in [3.05, 3.63) is 101 Å². The van der Waals surface area contributed by atoms with Gasteiger partial charge >= 0.3 is 0 Å². The molecule has 2 aliphatic rings. The molecule has 3 aromatic carbocycles. The smallest absolute Gasteiger partial charge is 0.242 e. The topological polar surface area (TPSA) is 67.7 Å². The van der Waals surface area contributed by atoms with Crippen molar-refractivity contribution in [1.82, 2.24) is 14.7 Å². The van der Waals surface area contributed by atoms with E-state index in [4.69, 9.17) is 21.4 Å². The summed E-state index contributed by atoms with van der Waals surface area (Å²) in [7, 11) is 0. The van der Waals surface area contributed by atoms with Crippen LogP contribution in [0.4, 0.5) is 5.82 Å². The van der Waals surface area contributed by atoms with Gasteiger partial charge in [-0.15, -0.1) is 11.8 Å². The lowest BCUT2D eigenvalue weighted by atomic mass is 9.98. The number of benzene rings is 3. The number of carbonyl (C=O) groups is 2. The standard InChI is InChI=1S/C31H29ClN4O3S/c1-21-8-7-11-23(18-21)30-28-29(22-9-3-2-4-10-22)33-36(25-13-6-5-12-24(25)32)31(28)35(27(38)20-40-30)19-26(37)34-14-16-39-17-15-34/h2-13,18,30H,14-17,19-20H2,1H3/t30-/m0/s1. The molecule has 1 fully saturated rings. The number of aryl methyl sites for hydroxylation is 1. The second-order valence-corrected chi connectivity index (χ2v) is 11.4. The highest BCUT2D eigenvalue weighted by Crippen LogP contribution is 2.49. The van der Waals surface area contributed by atoms with Gasteiger partial charge in [0.15, 0.2) is 0 Å². The Labute approximate surface area is 242 Å². The number of amides is 2. The van der Waals surface area contributed by atoms with Crippen molar-refractivity contribution in [2.24, 2.45) is 0 Å². The zero-order valence-corrected chi connectivity index (χ0v) is 23.7. The molecule has 2 amide bonds. The van der Waals surface area contributed by atoms with Crippen LogP contribution in [-0.4, -0.2) is 65.1 Å². The van der Waals surface area contributed by atoms with Gasteiger partial charge in [-0.2, -0.15) is 5.10 Å². The first kappa shape index (κ1) is 26.6. The summed E-state index contributed by atoms with van der Waals surface area (Å²) in [6.45, 7) is 3.98. The lowest BCUT2D eigenvalue weighted by Gasteiger charge is -2.30. The second kappa shape index (κ2) is 11.5. The predicted octanol–water partition coefficient (Wildman–Crippen LogP) is 5.53. The van der Waals surface area contributed by atoms with Gasteiger partial charge in [-0.25, -0.2) is 4.68 Å². The number of para-hydroxylation sites is 1. The molecule has 4 aromatic rings. The molecule has 40 heavy (non-hydrogen) atoms. The molecule has 204 valence electrons. The van der Waals surface area contributed by atoms with Crippen LogP contribution >= 0.6 is 23.4 Å². The Hall–Kier alpha value is -3.59. The van der Waals surface area contributed by atoms with E-state index in [-0.39, 0.29) is 29.4 Å². The predicted molar refractivity (Wildman–Crippen MR) is 159 cm³/mol. The summed E-state index contributed by atoms with van der Waals surface area (Å²) in [5, 5.41) is 5.43. The second-order valence-electron chi connectivity index (χ2n) is 9.89. The number of rotatable bonds is 5. The zero-order chi connectivity index (χ0) is 27.6. The number of carbonyl (C=O) groups excluding carboxylic acids is 2. The van der Waals surface area contributed by atoms with Crippen molar-refractivity contribution in [2.45, 2.75) is 12.2 Å². The Morgan fingerprint density at radius 2 is 1.77 bits per heavy atom. The van der Waals surface area contributed by atoms with E-state index in [2.05, 4.69) is 25.1 Å². The number of hydrogen-bond donors (Lipinski definition) is 0. The van der Waals surface area contributed by atoms with Crippen molar-refractivity contribution in [3.63, 3.8) is 0 Å². The lowest BCUT2D eigenvalue weighted by Crippen LogP contribution is -2.48. The molecular formula is C31H29ClN4O3S. The van der Waals surface area contributed by atoms with E-state index in [0.29, 0.717) is 42.8 Å². The third kappa shape index (κ3) is 5.14. The van der Waals surface area contributed by atoms with Crippen molar-refractivity contribution >= 4 is 41.0 Å². The number of thioether (sulfide) groups is 1. The molecule has 0 unspecified atom stereocenters. The van der Waals surface area contributed by atoms with Gasteiger partial charge in [0.2, 0.25) is 11.8 Å². The van der Waals surface area contributed by atoms with Gasteiger partial charge in [-0.05, 0) is 24.6 Å². The van der Waals surface area contributed by atoms with E-state index in [1.165, 1.54) is 0 Å². The Morgan fingerprint density at radius 3 is 2.52 bits per heavy atom. The normalized spacial score (nSPS) is 17.4. The number of hydrogen-bond acceptors (Lipinski definition) is 5. The van der Waals surface area contributed by atoms with E-state index in [1.54, 1.807) is 26.2 Å². The monoisotopic (exact) mass is 572 g/mol. The molecular weight excluding hydrogens is 544 g/mol. The molecule has 0 saturated carbocycles. The minimum Gasteiger partial charge on any atom is -0.378 e. The number of ether oxygens (including phenoxy) is 1. The van der Waals surface area contributed by atoms with E-state index >= 15 is 0 Å². The molecule has 1 atom stereocenters. The number of fused-ring (bicyclic) bond motifs is 1. The largest absolute Gasteiger partial charge is 0.378 e. The molecule has 1 saturated heterocycles. The molecule has 2 aliphatic heterocycles. The maximum atomic E-state index is 13.9. The van der Waals surface area contributed by atoms with Crippen LogP contribution in [0.2, 0.25) is 5.02 Å². The quantitative estimate of drug-likeness (QED) is 0.315. The fourth-order valence-electron chi connectivity index (χ4n) is 5.26. The average Bonchev–Trinajstić information content (AvgIpc) is 3.30. The van der Waals surface area contributed by atoms with Crippen LogP contribution in [0.5, 0.6) is 0 Å². The van der Waals surface area contributed by atoms with Crippen LogP contribution in [-0.2, 0) is 14.3 Å². The number of anilines is 1. The maximum Gasteiger partial charge on any atom is 0.242 e. The lowest BCUT2D eigenvalue weighted by molar-refractivity contribution is -0.134. The molecule has 0 bridgehead atoms. The molecule has 7 nitrogen and oxygen atoms in total. The Bertz CT molecular complexity index is 1550. The summed E-state index contributed by atoms with van der Waals surface area (Å²) in [6.07, 6.45) is 0. The molecule has 1 aromatic heterocycles. The molecule has 0 radical (unpaired) electrons. The summed E-state index contributed by atoms with van der Waals surface area (Å²) in [4.78, 5) is 30.8. The molecule has 0 spiro atoms. The van der Waals surface area contributed by atoms with Gasteiger partial charge in [0.05, 0.1) is 40.6 Å². The number of aromatic nitrogens is 2. The molecule has 3 heterocycles. The minimum absolute atomic E-state index is 0.0860. The first-order chi connectivity index (χ1) is 19.5. The summed E-state index contributed by atoms with van der Waals surface area (Å²) >= 11 is 8.29.